The molecule has 0 radical (unpaired) electrons. The summed E-state index contributed by atoms with van der Waals surface area (Å²) in [4.78, 5) is 4.10. The van der Waals surface area contributed by atoms with Crippen molar-refractivity contribution in [3.63, 3.8) is 0 Å². The molecule has 0 spiro atoms. The first kappa shape index (κ1) is 11.9. The maximum absolute atomic E-state index is 13.3. The van der Waals surface area contributed by atoms with Gasteiger partial charge >= 0.3 is 0 Å². The highest BCUT2D eigenvalue weighted by Crippen LogP contribution is 2.10. The maximum atomic E-state index is 13.3. The predicted octanol–water partition coefficient (Wildman–Crippen LogP) is 3.53. The highest BCUT2D eigenvalue weighted by molar-refractivity contribution is 6.30. The molecule has 17 heavy (non-hydrogen) atoms. The number of rotatable bonds is 4. The Kier molecular flexibility index (Phi) is 3.94. The third-order valence-corrected chi connectivity index (χ3v) is 2.61. The lowest BCUT2D eigenvalue weighted by molar-refractivity contribution is 0.610. The first-order chi connectivity index (χ1) is 8.25. The molecule has 1 aromatic carbocycles. The Morgan fingerprint density at radius 2 is 2.00 bits per heavy atom. The standard InChI is InChI=1S/C13H12ClFN2/c14-11-5-6-13(17-9-11)16-8-7-10-3-1-2-4-12(10)15/h1-6,9H,7-8H2,(H,16,17). The quantitative estimate of drug-likeness (QED) is 0.898. The SMILES string of the molecule is Fc1ccccc1CCNc1ccc(Cl)cn1. The monoisotopic (exact) mass is 250 g/mol. The van der Waals surface area contributed by atoms with Crippen LogP contribution in [0.3, 0.4) is 0 Å². The molecule has 88 valence electrons. The Balaban J connectivity index is 1.88. The van der Waals surface area contributed by atoms with Gasteiger partial charge in [0.1, 0.15) is 11.6 Å². The fraction of sp³-hybridized carbons (Fsp3) is 0.154. The van der Waals surface area contributed by atoms with E-state index in [2.05, 4.69) is 10.3 Å². The van der Waals surface area contributed by atoms with Gasteiger partial charge in [0.15, 0.2) is 0 Å². The second-order valence-electron chi connectivity index (χ2n) is 3.63. The number of hydrogen-bond acceptors (Lipinski definition) is 2. The van der Waals surface area contributed by atoms with Crippen LogP contribution in [0.1, 0.15) is 5.56 Å². The highest BCUT2D eigenvalue weighted by Gasteiger charge is 2.00. The fourth-order valence-corrected chi connectivity index (χ4v) is 1.62. The lowest BCUT2D eigenvalue weighted by atomic mass is 10.1. The molecule has 0 aliphatic rings. The Bertz CT molecular complexity index is 485. The number of nitrogens with one attached hydrogen (secondary N) is 1. The van der Waals surface area contributed by atoms with Gasteiger partial charge in [-0.1, -0.05) is 29.8 Å². The van der Waals surface area contributed by atoms with E-state index in [-0.39, 0.29) is 5.82 Å². The molecule has 1 aromatic heterocycles. The normalized spacial score (nSPS) is 10.2. The molecule has 1 N–H and O–H groups in total. The third-order valence-electron chi connectivity index (χ3n) is 2.39. The molecule has 0 unspecified atom stereocenters. The molecule has 0 aliphatic heterocycles. The van der Waals surface area contributed by atoms with Crippen LogP contribution in [0, 0.1) is 5.82 Å². The number of hydrogen-bond donors (Lipinski definition) is 1. The molecular weight excluding hydrogens is 239 g/mol. The van der Waals surface area contributed by atoms with Gasteiger partial charge in [0.05, 0.1) is 5.02 Å². The summed E-state index contributed by atoms with van der Waals surface area (Å²) in [5.74, 6) is 0.573. The molecule has 2 aromatic rings. The molecule has 0 bridgehead atoms. The lowest BCUT2D eigenvalue weighted by Gasteiger charge is -2.06. The van der Waals surface area contributed by atoms with E-state index >= 15 is 0 Å². The average Bonchev–Trinajstić information content (AvgIpc) is 2.34. The maximum Gasteiger partial charge on any atom is 0.126 e. The third kappa shape index (κ3) is 3.43. The van der Waals surface area contributed by atoms with Crippen LogP contribution in [-0.4, -0.2) is 11.5 Å². The molecule has 4 heteroatoms. The van der Waals surface area contributed by atoms with E-state index in [4.69, 9.17) is 11.6 Å². The van der Waals surface area contributed by atoms with Gasteiger partial charge in [-0.3, -0.25) is 0 Å². The zero-order chi connectivity index (χ0) is 12.1. The number of pyridine rings is 1. The van der Waals surface area contributed by atoms with Crippen molar-refractivity contribution >= 4 is 17.4 Å². The lowest BCUT2D eigenvalue weighted by Crippen LogP contribution is -2.07. The first-order valence-corrected chi connectivity index (χ1v) is 5.72. The van der Waals surface area contributed by atoms with Gasteiger partial charge < -0.3 is 5.32 Å². The van der Waals surface area contributed by atoms with Crippen molar-refractivity contribution in [3.8, 4) is 0 Å². The Hall–Kier alpha value is -1.61. The number of benzene rings is 1. The minimum absolute atomic E-state index is 0.168. The minimum atomic E-state index is -0.168. The first-order valence-electron chi connectivity index (χ1n) is 5.34. The molecule has 1 heterocycles. The Morgan fingerprint density at radius 1 is 1.18 bits per heavy atom. The van der Waals surface area contributed by atoms with Crippen molar-refractivity contribution in [1.29, 1.82) is 0 Å². The topological polar surface area (TPSA) is 24.9 Å². The molecule has 0 saturated heterocycles. The van der Waals surface area contributed by atoms with Crippen LogP contribution in [-0.2, 0) is 6.42 Å². The second kappa shape index (κ2) is 5.64. The van der Waals surface area contributed by atoms with Crippen LogP contribution in [0.15, 0.2) is 42.6 Å². The molecule has 2 nitrogen and oxygen atoms in total. The van der Waals surface area contributed by atoms with Gasteiger partial charge in [0.25, 0.3) is 0 Å². The Morgan fingerprint density at radius 3 is 2.71 bits per heavy atom. The predicted molar refractivity (Wildman–Crippen MR) is 67.8 cm³/mol. The van der Waals surface area contributed by atoms with Crippen LogP contribution in [0.5, 0.6) is 0 Å². The van der Waals surface area contributed by atoms with Crippen LogP contribution < -0.4 is 5.32 Å². The molecule has 0 aliphatic carbocycles. The van der Waals surface area contributed by atoms with Crippen LogP contribution >= 0.6 is 11.6 Å². The zero-order valence-corrected chi connectivity index (χ0v) is 9.91. The number of aromatic nitrogens is 1. The molecule has 2 rings (SSSR count). The van der Waals surface area contributed by atoms with Crippen molar-refractivity contribution in [2.45, 2.75) is 6.42 Å². The Labute approximate surface area is 104 Å². The van der Waals surface area contributed by atoms with E-state index < -0.39 is 0 Å². The van der Waals surface area contributed by atoms with E-state index in [0.717, 1.165) is 5.82 Å². The van der Waals surface area contributed by atoms with Crippen molar-refractivity contribution in [2.75, 3.05) is 11.9 Å². The summed E-state index contributed by atoms with van der Waals surface area (Å²) in [5, 5.41) is 3.71. The van der Waals surface area contributed by atoms with Crippen molar-refractivity contribution < 1.29 is 4.39 Å². The molecular formula is C13H12ClFN2. The zero-order valence-electron chi connectivity index (χ0n) is 9.16. The van der Waals surface area contributed by atoms with E-state index in [0.29, 0.717) is 23.6 Å². The number of nitrogens with zero attached hydrogens (tertiary/aromatic N) is 1. The van der Waals surface area contributed by atoms with Gasteiger partial charge in [-0.15, -0.1) is 0 Å². The van der Waals surface area contributed by atoms with Crippen LogP contribution in [0.2, 0.25) is 5.02 Å². The summed E-state index contributed by atoms with van der Waals surface area (Å²) in [6.07, 6.45) is 2.20. The fourth-order valence-electron chi connectivity index (χ4n) is 1.51. The minimum Gasteiger partial charge on any atom is -0.370 e. The summed E-state index contributed by atoms with van der Waals surface area (Å²) < 4.78 is 13.3. The largest absolute Gasteiger partial charge is 0.370 e. The summed E-state index contributed by atoms with van der Waals surface area (Å²) >= 11 is 5.72. The van der Waals surface area contributed by atoms with E-state index in [1.54, 1.807) is 30.5 Å². The second-order valence-corrected chi connectivity index (χ2v) is 4.07. The van der Waals surface area contributed by atoms with Gasteiger partial charge in [-0.2, -0.15) is 0 Å². The molecule has 0 saturated carbocycles. The smallest absolute Gasteiger partial charge is 0.126 e. The van der Waals surface area contributed by atoms with Crippen molar-refractivity contribution in [3.05, 3.63) is 59.0 Å². The molecule has 0 atom stereocenters. The van der Waals surface area contributed by atoms with E-state index in [9.17, 15) is 4.39 Å². The van der Waals surface area contributed by atoms with Gasteiger partial charge in [-0.25, -0.2) is 9.37 Å². The highest BCUT2D eigenvalue weighted by atomic mass is 35.5. The average molecular weight is 251 g/mol. The van der Waals surface area contributed by atoms with Crippen LogP contribution in [0.25, 0.3) is 0 Å². The number of anilines is 1. The van der Waals surface area contributed by atoms with Crippen LogP contribution in [0.4, 0.5) is 10.2 Å². The summed E-state index contributed by atoms with van der Waals surface area (Å²) in [6, 6.07) is 10.3. The molecule has 0 amide bonds. The summed E-state index contributed by atoms with van der Waals surface area (Å²) in [6.45, 7) is 0.634. The van der Waals surface area contributed by atoms with E-state index in [1.807, 2.05) is 6.07 Å². The van der Waals surface area contributed by atoms with Gasteiger partial charge in [-0.05, 0) is 30.2 Å². The molecule has 0 fully saturated rings. The van der Waals surface area contributed by atoms with Gasteiger partial charge in [0, 0.05) is 12.7 Å². The number of halogens is 2. The summed E-state index contributed by atoms with van der Waals surface area (Å²) in [7, 11) is 0. The van der Waals surface area contributed by atoms with Gasteiger partial charge in [0.2, 0.25) is 0 Å². The van der Waals surface area contributed by atoms with Crippen molar-refractivity contribution in [1.82, 2.24) is 4.98 Å². The van der Waals surface area contributed by atoms with E-state index in [1.165, 1.54) is 6.07 Å². The summed E-state index contributed by atoms with van der Waals surface area (Å²) in [5.41, 5.74) is 0.703. The van der Waals surface area contributed by atoms with Crippen molar-refractivity contribution in [2.24, 2.45) is 0 Å².